The summed E-state index contributed by atoms with van der Waals surface area (Å²) in [5.74, 6) is -1.96. The zero-order valence-corrected chi connectivity index (χ0v) is 13.8. The van der Waals surface area contributed by atoms with Gasteiger partial charge in [0.25, 0.3) is 17.4 Å². The average molecular weight is 364 g/mol. The lowest BCUT2D eigenvalue weighted by Gasteiger charge is -2.17. The molecule has 1 aliphatic heterocycles. The predicted molar refractivity (Wildman–Crippen MR) is 97.9 cm³/mol. The second-order valence-corrected chi connectivity index (χ2v) is 5.90. The lowest BCUT2D eigenvalue weighted by Crippen LogP contribution is -2.24. The number of benzene rings is 2. The molecule has 0 unspecified atom stereocenters. The number of halogens is 1. The molecule has 1 aromatic heterocycles. The number of nitrogens with zero attached hydrogens (tertiary/aromatic N) is 1. The van der Waals surface area contributed by atoms with Gasteiger partial charge in [-0.15, -0.1) is 0 Å². The van der Waals surface area contributed by atoms with Gasteiger partial charge in [0, 0.05) is 6.07 Å². The van der Waals surface area contributed by atoms with Crippen LogP contribution in [0.25, 0.3) is 5.69 Å². The molecule has 4 rings (SSSR count). The summed E-state index contributed by atoms with van der Waals surface area (Å²) in [5, 5.41) is 5.04. The number of anilines is 3. The van der Waals surface area contributed by atoms with E-state index in [9.17, 15) is 18.8 Å². The van der Waals surface area contributed by atoms with Crippen LogP contribution in [0.5, 0.6) is 0 Å². The van der Waals surface area contributed by atoms with Crippen molar-refractivity contribution in [2.45, 2.75) is 0 Å². The van der Waals surface area contributed by atoms with Gasteiger partial charge in [-0.2, -0.15) is 0 Å². The number of nitrogens with one attached hydrogen (secondary N) is 2. The van der Waals surface area contributed by atoms with Crippen LogP contribution in [-0.2, 0) is 0 Å². The average Bonchev–Trinajstić information content (AvgIpc) is 2.92. The molecule has 2 amide bonds. The fraction of sp³-hybridized carbons (Fsp3) is 0. The standard InChI is InChI=1S/C19H13FN4O3/c20-11-5-1-2-6-12(11)22-13-7-3-4-8-14(13)24-15(25)9-10-16(17(24)21)19(27)23-18(10)26/h1-9,22H,21H2,(H,23,26,27). The molecule has 0 bridgehead atoms. The van der Waals surface area contributed by atoms with Crippen LogP contribution in [0.3, 0.4) is 0 Å². The Morgan fingerprint density at radius 1 is 0.926 bits per heavy atom. The molecule has 0 aliphatic carbocycles. The molecule has 2 aromatic carbocycles. The number of para-hydroxylation sites is 3. The van der Waals surface area contributed by atoms with E-state index in [1.165, 1.54) is 6.07 Å². The Balaban J connectivity index is 1.90. The van der Waals surface area contributed by atoms with Gasteiger partial charge >= 0.3 is 0 Å². The second-order valence-electron chi connectivity index (χ2n) is 5.90. The predicted octanol–water partition coefficient (Wildman–Crippen LogP) is 2.19. The van der Waals surface area contributed by atoms with Crippen molar-refractivity contribution in [3.8, 4) is 5.69 Å². The number of hydrogen-bond acceptors (Lipinski definition) is 5. The molecule has 0 saturated heterocycles. The summed E-state index contributed by atoms with van der Waals surface area (Å²) < 4.78 is 15.1. The highest BCUT2D eigenvalue weighted by atomic mass is 19.1. The van der Waals surface area contributed by atoms with E-state index in [1.54, 1.807) is 42.5 Å². The summed E-state index contributed by atoms with van der Waals surface area (Å²) >= 11 is 0. The molecule has 0 atom stereocenters. The van der Waals surface area contributed by atoms with Crippen molar-refractivity contribution in [1.29, 1.82) is 0 Å². The molecule has 0 saturated carbocycles. The van der Waals surface area contributed by atoms with Crippen LogP contribution in [0.1, 0.15) is 20.7 Å². The molecule has 0 fully saturated rings. The SMILES string of the molecule is Nc1c2c(cc(=O)n1-c1ccccc1Nc1ccccc1F)C(=O)NC2=O. The van der Waals surface area contributed by atoms with Crippen molar-refractivity contribution in [1.82, 2.24) is 9.88 Å². The first-order valence-electron chi connectivity index (χ1n) is 7.99. The van der Waals surface area contributed by atoms with E-state index in [-0.39, 0.29) is 22.6 Å². The van der Waals surface area contributed by atoms with Crippen molar-refractivity contribution < 1.29 is 14.0 Å². The minimum absolute atomic E-state index is 0.0553. The van der Waals surface area contributed by atoms with Gasteiger partial charge < -0.3 is 11.1 Å². The lowest BCUT2D eigenvalue weighted by atomic mass is 10.1. The van der Waals surface area contributed by atoms with Crippen molar-refractivity contribution in [2.75, 3.05) is 11.1 Å². The van der Waals surface area contributed by atoms with Gasteiger partial charge in [0.1, 0.15) is 11.6 Å². The number of nitrogens with two attached hydrogens (primary N) is 1. The zero-order valence-electron chi connectivity index (χ0n) is 13.8. The largest absolute Gasteiger partial charge is 0.384 e. The lowest BCUT2D eigenvalue weighted by molar-refractivity contribution is 0.0880. The number of pyridine rings is 1. The Morgan fingerprint density at radius 2 is 1.59 bits per heavy atom. The molecule has 3 aromatic rings. The van der Waals surface area contributed by atoms with Gasteiger partial charge in [-0.1, -0.05) is 24.3 Å². The smallest absolute Gasteiger partial charge is 0.262 e. The fourth-order valence-electron chi connectivity index (χ4n) is 3.01. The van der Waals surface area contributed by atoms with Gasteiger partial charge in [-0.25, -0.2) is 4.39 Å². The number of hydrogen-bond donors (Lipinski definition) is 3. The van der Waals surface area contributed by atoms with Gasteiger partial charge in [0.05, 0.1) is 28.2 Å². The van der Waals surface area contributed by atoms with E-state index >= 15 is 0 Å². The van der Waals surface area contributed by atoms with Crippen LogP contribution >= 0.6 is 0 Å². The maximum absolute atomic E-state index is 14.0. The van der Waals surface area contributed by atoms with E-state index in [1.807, 2.05) is 0 Å². The number of rotatable bonds is 3. The highest BCUT2D eigenvalue weighted by molar-refractivity contribution is 6.23. The van der Waals surface area contributed by atoms with Crippen molar-refractivity contribution in [3.63, 3.8) is 0 Å². The number of imide groups is 1. The van der Waals surface area contributed by atoms with Crippen LogP contribution in [0.4, 0.5) is 21.6 Å². The second kappa shape index (κ2) is 6.10. The Labute approximate surface area is 152 Å². The van der Waals surface area contributed by atoms with Crippen LogP contribution in [0.15, 0.2) is 59.4 Å². The molecular formula is C19H13FN4O3. The molecule has 27 heavy (non-hydrogen) atoms. The number of amides is 2. The fourth-order valence-corrected chi connectivity index (χ4v) is 3.01. The Bertz CT molecular complexity index is 1170. The molecule has 0 spiro atoms. The van der Waals surface area contributed by atoms with Crippen LogP contribution in [0.2, 0.25) is 0 Å². The number of nitrogen functional groups attached to an aromatic ring is 1. The number of aromatic nitrogens is 1. The highest BCUT2D eigenvalue weighted by Crippen LogP contribution is 2.29. The van der Waals surface area contributed by atoms with E-state index in [0.717, 1.165) is 10.6 Å². The van der Waals surface area contributed by atoms with Crippen molar-refractivity contribution >= 4 is 29.0 Å². The summed E-state index contributed by atoms with van der Waals surface area (Å²) in [7, 11) is 0. The number of fused-ring (bicyclic) bond motifs is 1. The summed E-state index contributed by atoms with van der Waals surface area (Å²) in [4.78, 5) is 36.4. The summed E-state index contributed by atoms with van der Waals surface area (Å²) in [6.45, 7) is 0. The molecule has 8 heteroatoms. The van der Waals surface area contributed by atoms with Gasteiger partial charge in [0.2, 0.25) is 0 Å². The van der Waals surface area contributed by atoms with Gasteiger partial charge in [-0.3, -0.25) is 24.3 Å². The molecule has 7 nitrogen and oxygen atoms in total. The monoisotopic (exact) mass is 364 g/mol. The third-order valence-corrected chi connectivity index (χ3v) is 4.24. The maximum Gasteiger partial charge on any atom is 0.262 e. The minimum Gasteiger partial charge on any atom is -0.384 e. The van der Waals surface area contributed by atoms with Crippen LogP contribution < -0.4 is 21.9 Å². The zero-order chi connectivity index (χ0) is 19.1. The minimum atomic E-state index is -0.666. The number of carbonyl (C=O) groups excluding carboxylic acids is 2. The highest BCUT2D eigenvalue weighted by Gasteiger charge is 2.32. The Kier molecular flexibility index (Phi) is 3.73. The van der Waals surface area contributed by atoms with E-state index < -0.39 is 23.2 Å². The first-order chi connectivity index (χ1) is 13.0. The van der Waals surface area contributed by atoms with Crippen molar-refractivity contribution in [3.05, 3.63) is 81.9 Å². The van der Waals surface area contributed by atoms with Crippen molar-refractivity contribution in [2.24, 2.45) is 0 Å². The third-order valence-electron chi connectivity index (χ3n) is 4.24. The number of carbonyl (C=O) groups is 2. The third kappa shape index (κ3) is 2.63. The molecule has 134 valence electrons. The van der Waals surface area contributed by atoms with Crippen LogP contribution in [0, 0.1) is 5.82 Å². The summed E-state index contributed by atoms with van der Waals surface area (Å²) in [6, 6.07) is 13.8. The first-order valence-corrected chi connectivity index (χ1v) is 7.99. The first kappa shape index (κ1) is 16.5. The van der Waals surface area contributed by atoms with Gasteiger partial charge in [-0.05, 0) is 24.3 Å². The van der Waals surface area contributed by atoms with E-state index in [4.69, 9.17) is 5.73 Å². The topological polar surface area (TPSA) is 106 Å². The molecule has 0 radical (unpaired) electrons. The van der Waals surface area contributed by atoms with Crippen LogP contribution in [-0.4, -0.2) is 16.4 Å². The molecule has 4 N–H and O–H groups in total. The molecular weight excluding hydrogens is 351 g/mol. The quantitative estimate of drug-likeness (QED) is 0.618. The summed E-state index contributed by atoms with van der Waals surface area (Å²) in [5.41, 5.74) is 6.30. The summed E-state index contributed by atoms with van der Waals surface area (Å²) in [6.07, 6.45) is 0. The normalized spacial score (nSPS) is 12.6. The van der Waals surface area contributed by atoms with Gasteiger partial charge in [0.15, 0.2) is 0 Å². The Morgan fingerprint density at radius 3 is 2.33 bits per heavy atom. The van der Waals surface area contributed by atoms with E-state index in [2.05, 4.69) is 10.6 Å². The molecule has 2 heterocycles. The van der Waals surface area contributed by atoms with E-state index in [0.29, 0.717) is 11.4 Å². The Hall–Kier alpha value is -3.94. The molecule has 1 aliphatic rings. The maximum atomic E-state index is 14.0.